The van der Waals surface area contributed by atoms with Crippen LogP contribution in [0.25, 0.3) is 0 Å². The van der Waals surface area contributed by atoms with Crippen LogP contribution in [0.5, 0.6) is 5.75 Å². The van der Waals surface area contributed by atoms with Gasteiger partial charge in [-0.1, -0.05) is 25.0 Å². The maximum Gasteiger partial charge on any atom is 0.343 e. The molecule has 2 aromatic rings. The summed E-state index contributed by atoms with van der Waals surface area (Å²) in [5, 5.41) is 14.0. The van der Waals surface area contributed by atoms with Gasteiger partial charge in [0.15, 0.2) is 0 Å². The number of carbonyl (C=O) groups is 1. The van der Waals surface area contributed by atoms with Crippen LogP contribution in [0.4, 0.5) is 5.69 Å². The van der Waals surface area contributed by atoms with E-state index in [0.717, 1.165) is 56.1 Å². The summed E-state index contributed by atoms with van der Waals surface area (Å²) in [4.78, 5) is 24.7. The minimum absolute atomic E-state index is 0.127. The van der Waals surface area contributed by atoms with Crippen molar-refractivity contribution in [3.05, 3.63) is 64.1 Å². The Morgan fingerprint density at radius 2 is 1.97 bits per heavy atom. The van der Waals surface area contributed by atoms with E-state index >= 15 is 0 Å². The zero-order chi connectivity index (χ0) is 20.4. The number of anilines is 1. The van der Waals surface area contributed by atoms with Crippen LogP contribution >= 0.6 is 0 Å². The van der Waals surface area contributed by atoms with E-state index in [1.807, 2.05) is 24.3 Å². The van der Waals surface area contributed by atoms with Gasteiger partial charge in [0, 0.05) is 30.0 Å². The first kappa shape index (κ1) is 19.7. The number of nitrogens with one attached hydrogen (secondary N) is 1. The molecule has 1 radical (unpaired) electrons. The van der Waals surface area contributed by atoms with Gasteiger partial charge in [-0.15, -0.1) is 0 Å². The van der Waals surface area contributed by atoms with Crippen molar-refractivity contribution in [2.24, 2.45) is 5.92 Å². The Morgan fingerprint density at radius 3 is 2.69 bits per heavy atom. The molecule has 2 aliphatic rings. The highest BCUT2D eigenvalue weighted by molar-refractivity contribution is 5.91. The molecule has 0 bridgehead atoms. The summed E-state index contributed by atoms with van der Waals surface area (Å²) in [6.07, 6.45) is 7.87. The van der Waals surface area contributed by atoms with Crippen LogP contribution in [-0.4, -0.2) is 11.0 Å². The molecule has 5 heteroatoms. The van der Waals surface area contributed by atoms with Gasteiger partial charge < -0.3 is 14.8 Å². The summed E-state index contributed by atoms with van der Waals surface area (Å²) >= 11 is 0. The van der Waals surface area contributed by atoms with Gasteiger partial charge in [-0.3, -0.25) is 4.79 Å². The van der Waals surface area contributed by atoms with E-state index in [1.54, 1.807) is 0 Å². The number of benzene rings is 1. The summed E-state index contributed by atoms with van der Waals surface area (Å²) in [7, 11) is 0. The van der Waals surface area contributed by atoms with Gasteiger partial charge in [0.05, 0.1) is 5.56 Å². The molecule has 0 spiro atoms. The minimum Gasteiger partial charge on any atom is -0.507 e. The highest BCUT2D eigenvalue weighted by atomic mass is 16.4. The van der Waals surface area contributed by atoms with Gasteiger partial charge in [0.2, 0.25) is 5.91 Å². The van der Waals surface area contributed by atoms with E-state index in [-0.39, 0.29) is 24.0 Å². The van der Waals surface area contributed by atoms with Crippen molar-refractivity contribution in [1.82, 2.24) is 0 Å². The normalized spacial score (nSPS) is 17.7. The Bertz CT molecular complexity index is 958. The maximum absolute atomic E-state index is 13.0. The lowest BCUT2D eigenvalue weighted by Crippen LogP contribution is -2.19. The predicted octanol–water partition coefficient (Wildman–Crippen LogP) is 4.71. The number of aryl methyl sites for hydroxylation is 1. The van der Waals surface area contributed by atoms with Crippen molar-refractivity contribution in [2.75, 3.05) is 5.32 Å². The minimum atomic E-state index is -0.425. The molecule has 2 aliphatic carbocycles. The molecule has 4 rings (SSSR count). The SMILES string of the molecule is [CH2]CC(=O)Nc1cccc(C(c2c(O)c3c(oc2=O)CCCCCC3)C2CC2)c1. The van der Waals surface area contributed by atoms with Crippen molar-refractivity contribution < 1.29 is 14.3 Å². The van der Waals surface area contributed by atoms with E-state index in [4.69, 9.17) is 4.42 Å². The third-order valence-corrected chi connectivity index (χ3v) is 6.05. The second-order valence-electron chi connectivity index (χ2n) is 8.21. The number of aromatic hydroxyl groups is 1. The fraction of sp³-hybridized carbons (Fsp3) is 0.458. The van der Waals surface area contributed by atoms with Crippen LogP contribution in [-0.2, 0) is 17.6 Å². The molecule has 29 heavy (non-hydrogen) atoms. The first-order chi connectivity index (χ1) is 14.1. The Kier molecular flexibility index (Phi) is 5.74. The molecule has 1 amide bonds. The number of rotatable bonds is 5. The van der Waals surface area contributed by atoms with E-state index in [2.05, 4.69) is 12.2 Å². The molecule has 1 fully saturated rings. The molecule has 1 atom stereocenters. The van der Waals surface area contributed by atoms with E-state index in [1.165, 1.54) is 0 Å². The second kappa shape index (κ2) is 8.44. The molecule has 2 N–H and O–H groups in total. The van der Waals surface area contributed by atoms with Gasteiger partial charge in [0.25, 0.3) is 0 Å². The molecular weight excluding hydrogens is 366 g/mol. The van der Waals surface area contributed by atoms with Crippen LogP contribution in [0.1, 0.15) is 73.3 Å². The van der Waals surface area contributed by atoms with Gasteiger partial charge in [0.1, 0.15) is 11.5 Å². The monoisotopic (exact) mass is 394 g/mol. The van der Waals surface area contributed by atoms with Gasteiger partial charge in [-0.05, 0) is 62.6 Å². The number of fused-ring (bicyclic) bond motifs is 1. The molecule has 5 nitrogen and oxygen atoms in total. The molecule has 0 saturated heterocycles. The highest BCUT2D eigenvalue weighted by Crippen LogP contribution is 2.49. The smallest absolute Gasteiger partial charge is 0.343 e. The summed E-state index contributed by atoms with van der Waals surface area (Å²) in [5.41, 5.74) is 2.37. The van der Waals surface area contributed by atoms with Crippen LogP contribution < -0.4 is 10.9 Å². The number of hydrogen-bond acceptors (Lipinski definition) is 4. The second-order valence-corrected chi connectivity index (χ2v) is 8.21. The largest absolute Gasteiger partial charge is 0.507 e. The van der Waals surface area contributed by atoms with Gasteiger partial charge >= 0.3 is 5.63 Å². The number of carbonyl (C=O) groups excluding carboxylic acids is 1. The lowest BCUT2D eigenvalue weighted by molar-refractivity contribution is -0.115. The van der Waals surface area contributed by atoms with Crippen molar-refractivity contribution in [1.29, 1.82) is 0 Å². The quantitative estimate of drug-likeness (QED) is 0.770. The highest BCUT2D eigenvalue weighted by Gasteiger charge is 2.38. The lowest BCUT2D eigenvalue weighted by Gasteiger charge is -2.22. The van der Waals surface area contributed by atoms with Crippen LogP contribution in [0.2, 0.25) is 0 Å². The summed E-state index contributed by atoms with van der Waals surface area (Å²) in [6.45, 7) is 3.60. The molecule has 1 heterocycles. The van der Waals surface area contributed by atoms with E-state index < -0.39 is 5.63 Å². The van der Waals surface area contributed by atoms with Crippen LogP contribution in [0, 0.1) is 12.8 Å². The first-order valence-electron chi connectivity index (χ1n) is 10.6. The molecule has 1 unspecified atom stereocenters. The van der Waals surface area contributed by atoms with Crippen molar-refractivity contribution >= 4 is 11.6 Å². The molecule has 0 aliphatic heterocycles. The Hall–Kier alpha value is -2.56. The maximum atomic E-state index is 13.0. The Morgan fingerprint density at radius 1 is 1.21 bits per heavy atom. The molecule has 1 saturated carbocycles. The third kappa shape index (κ3) is 4.24. The molecule has 153 valence electrons. The van der Waals surface area contributed by atoms with Crippen LogP contribution in [0.3, 0.4) is 0 Å². The standard InChI is InChI=1S/C24H28NO4/c1-2-20(26)25-17-9-7-8-16(14-17)21(15-12-13-15)22-23(27)18-10-5-3-4-6-11-19(18)29-24(22)28/h7-9,14-15,21,27H,1-6,10-13H2,(H,25,26). The van der Waals surface area contributed by atoms with Crippen molar-refractivity contribution in [3.63, 3.8) is 0 Å². The lowest BCUT2D eigenvalue weighted by atomic mass is 9.85. The van der Waals surface area contributed by atoms with E-state index in [0.29, 0.717) is 29.3 Å². The molecule has 1 aromatic carbocycles. The summed E-state index contributed by atoms with van der Waals surface area (Å²) in [6, 6.07) is 7.55. The Balaban J connectivity index is 1.77. The number of amides is 1. The fourth-order valence-corrected chi connectivity index (χ4v) is 4.43. The zero-order valence-electron chi connectivity index (χ0n) is 16.7. The van der Waals surface area contributed by atoms with Crippen molar-refractivity contribution in [3.8, 4) is 5.75 Å². The molecule has 1 aromatic heterocycles. The summed E-state index contributed by atoms with van der Waals surface area (Å²) in [5.74, 6) is 0.700. The first-order valence-corrected chi connectivity index (χ1v) is 10.6. The van der Waals surface area contributed by atoms with Gasteiger partial charge in [-0.2, -0.15) is 0 Å². The fourth-order valence-electron chi connectivity index (χ4n) is 4.43. The van der Waals surface area contributed by atoms with Crippen LogP contribution in [0.15, 0.2) is 33.5 Å². The Labute approximate surface area is 171 Å². The number of hydrogen-bond donors (Lipinski definition) is 2. The average Bonchev–Trinajstić information content (AvgIpc) is 3.51. The van der Waals surface area contributed by atoms with Crippen molar-refractivity contribution in [2.45, 2.75) is 63.7 Å². The molecular formula is C24H28NO4. The third-order valence-electron chi connectivity index (χ3n) is 6.05. The van der Waals surface area contributed by atoms with Gasteiger partial charge in [-0.25, -0.2) is 4.79 Å². The topological polar surface area (TPSA) is 79.5 Å². The summed E-state index contributed by atoms with van der Waals surface area (Å²) < 4.78 is 5.75. The predicted molar refractivity (Wildman–Crippen MR) is 112 cm³/mol. The van der Waals surface area contributed by atoms with E-state index in [9.17, 15) is 14.7 Å². The zero-order valence-corrected chi connectivity index (χ0v) is 16.7. The average molecular weight is 394 g/mol.